The number of nitrogens with zero attached hydrogens (tertiary/aromatic N) is 12. The van der Waals surface area contributed by atoms with Crippen molar-refractivity contribution in [3.8, 4) is 51.6 Å². The number of hydrogen-bond acceptors (Lipinski definition) is 6. The molecule has 0 saturated carbocycles. The van der Waals surface area contributed by atoms with Gasteiger partial charge in [0.15, 0.2) is 0 Å². The lowest BCUT2D eigenvalue weighted by Crippen LogP contribution is -2.04. The van der Waals surface area contributed by atoms with Gasteiger partial charge in [0.05, 0.1) is 116 Å². The molecule has 146 heavy (non-hydrogen) atoms. The number of hydrogen-bond donors (Lipinski definition) is 0. The molecule has 0 unspecified atom stereocenters. The number of para-hydroxylation sites is 7. The molecule has 0 atom stereocenters. The van der Waals surface area contributed by atoms with E-state index >= 15 is 0 Å². The second-order valence-electron chi connectivity index (χ2n) is 38.9. The Bertz CT molecular complexity index is 11900. The molecule has 35 aromatic rings. The lowest BCUT2D eigenvalue weighted by atomic mass is 9.98. The fraction of sp³-hybridized carbons (Fsp3) is 0. The molecule has 23 aromatic carbocycles. The minimum atomic E-state index is 0.668. The summed E-state index contributed by atoms with van der Waals surface area (Å²) in [6.07, 6.45) is 0. The van der Waals surface area contributed by atoms with E-state index in [0.29, 0.717) is 17.8 Å². The standard InChI is InChI=1S/2C46H26N4.C42H24N4/c1-3-14-29-27(11-1)13-7-18-33(29)44-36-26-25-28-12-2-4-15-30(28)43(36)47-46(48-44)50-38-22-9-17-32-35-20-8-19-34-31-16-5-6-21-37(31)49(45(34)35)39-23-10-24-40(50)42(39)41(32)38;1-2-12-29-26-30(23-22-27(29)10-1)44-41-31-13-4-3-11-28(31)24-25-36(41)47-46(48-44)50-38-19-8-15-33-35-17-7-16-34-32-14-5-6-18-37(32)49(45(34)35)39-20-9-21-40(50)43(39)42(33)38;1-2-11-26-24-27(23-22-25(26)10-1)40-32-13-3-5-17-33(32)43-42(44-40)46-35-19-8-14-29-31-16-7-15-30-28-12-4-6-18-34(28)45(41(30)31)36-20-9-21-37(46)39(36)38(29)35/h2*1-26H;1-24H. The average Bonchev–Trinajstić information content (AvgIpc) is 1.53. The summed E-state index contributed by atoms with van der Waals surface area (Å²) in [7, 11) is 0. The van der Waals surface area contributed by atoms with Crippen LogP contribution in [0.4, 0.5) is 0 Å². The molecule has 0 bridgehead atoms. The van der Waals surface area contributed by atoms with Gasteiger partial charge in [-0.25, -0.2) is 29.9 Å². The van der Waals surface area contributed by atoms with Gasteiger partial charge in [-0.15, -0.1) is 0 Å². The third-order valence-corrected chi connectivity index (χ3v) is 31.5. The molecule has 0 spiro atoms. The summed E-state index contributed by atoms with van der Waals surface area (Å²) >= 11 is 0. The summed E-state index contributed by atoms with van der Waals surface area (Å²) in [5.74, 6) is 2.01. The van der Waals surface area contributed by atoms with E-state index in [-0.39, 0.29) is 0 Å². The number of benzene rings is 23. The van der Waals surface area contributed by atoms with Crippen LogP contribution in [0, 0.1) is 0 Å². The maximum Gasteiger partial charge on any atom is 0.235 e. The van der Waals surface area contributed by atoms with Crippen LogP contribution in [-0.2, 0) is 0 Å². The lowest BCUT2D eigenvalue weighted by molar-refractivity contribution is 1.01. The topological polar surface area (TPSA) is 105 Å². The van der Waals surface area contributed by atoms with Crippen molar-refractivity contribution < 1.29 is 0 Å². The molecule has 0 aliphatic carbocycles. The van der Waals surface area contributed by atoms with E-state index in [1.165, 1.54) is 184 Å². The van der Waals surface area contributed by atoms with Crippen molar-refractivity contribution in [2.24, 2.45) is 0 Å². The zero-order chi connectivity index (χ0) is 94.9. The largest absolute Gasteiger partial charge is 0.308 e. The first kappa shape index (κ1) is 79.0. The van der Waals surface area contributed by atoms with Gasteiger partial charge in [0, 0.05) is 119 Å². The predicted molar refractivity (Wildman–Crippen MR) is 609 cm³/mol. The van der Waals surface area contributed by atoms with Crippen molar-refractivity contribution in [1.82, 2.24) is 56.8 Å². The summed E-state index contributed by atoms with van der Waals surface area (Å²) in [5, 5.41) is 37.3. The van der Waals surface area contributed by atoms with Gasteiger partial charge in [0.1, 0.15) is 0 Å². The molecule has 12 aromatic heterocycles. The highest BCUT2D eigenvalue weighted by Crippen LogP contribution is 2.51. The zero-order valence-electron chi connectivity index (χ0n) is 78.2. The fourth-order valence-corrected chi connectivity index (χ4v) is 25.5. The Hall–Kier alpha value is -19.8. The summed E-state index contributed by atoms with van der Waals surface area (Å²) < 4.78 is 14.3. The molecule has 35 rings (SSSR count). The van der Waals surface area contributed by atoms with Crippen LogP contribution in [0.25, 0.3) is 318 Å². The summed E-state index contributed by atoms with van der Waals surface area (Å²) in [4.78, 5) is 32.6. The van der Waals surface area contributed by atoms with Crippen molar-refractivity contribution in [2.75, 3.05) is 0 Å². The summed E-state index contributed by atoms with van der Waals surface area (Å²) in [6.45, 7) is 0. The van der Waals surface area contributed by atoms with Crippen LogP contribution in [-0.4, -0.2) is 56.8 Å². The Morgan fingerprint density at radius 3 is 0.938 bits per heavy atom. The van der Waals surface area contributed by atoms with E-state index in [0.717, 1.165) is 116 Å². The minimum Gasteiger partial charge on any atom is -0.308 e. The number of fused-ring (bicyclic) bond motifs is 25. The molecule has 12 heterocycles. The predicted octanol–water partition coefficient (Wildman–Crippen LogP) is 34.4. The molecule has 0 fully saturated rings. The summed E-state index contributed by atoms with van der Waals surface area (Å²) in [5.41, 5.74) is 26.4. The highest BCUT2D eigenvalue weighted by molar-refractivity contribution is 6.36. The first-order valence-corrected chi connectivity index (χ1v) is 49.9. The number of rotatable bonds is 6. The van der Waals surface area contributed by atoms with Crippen molar-refractivity contribution in [3.63, 3.8) is 0 Å². The molecule has 0 N–H and O–H groups in total. The van der Waals surface area contributed by atoms with Gasteiger partial charge in [-0.2, -0.15) is 0 Å². The zero-order valence-corrected chi connectivity index (χ0v) is 78.2. The quantitative estimate of drug-likeness (QED) is 0.154. The van der Waals surface area contributed by atoms with E-state index in [9.17, 15) is 0 Å². The molecule has 12 heteroatoms. The van der Waals surface area contributed by atoms with E-state index < -0.39 is 0 Å². The second-order valence-corrected chi connectivity index (χ2v) is 38.9. The first-order chi connectivity index (χ1) is 72.5. The van der Waals surface area contributed by atoms with Crippen LogP contribution < -0.4 is 0 Å². The summed E-state index contributed by atoms with van der Waals surface area (Å²) in [6, 6.07) is 166. The van der Waals surface area contributed by atoms with E-state index in [2.05, 4.69) is 488 Å². The van der Waals surface area contributed by atoms with Crippen LogP contribution in [0.1, 0.15) is 0 Å². The SMILES string of the molecule is c1ccc2c(-c3nc(-n4c5cccc6c7cccc8c9ccccc9n(c9cccc4c9c65)c78)nc4c3ccc3ccccc34)cccc2c1.c1ccc2cc(-c3nc(-n4c5cccc6c7cccc8c9ccccc9n(c9cccc4c9c65)c78)nc4ccc5ccccc5c34)ccc2c1.c1ccc2cc(-c3nc(-n4c5cccc6c7cccc8c9ccccc9n(c9cccc4c9c65)c78)nc4ccccc34)ccc2c1. The van der Waals surface area contributed by atoms with Gasteiger partial charge in [-0.3, -0.25) is 13.7 Å². The molecule has 0 saturated heterocycles. The van der Waals surface area contributed by atoms with E-state index in [4.69, 9.17) is 29.9 Å². The van der Waals surface area contributed by atoms with Crippen LogP contribution in [0.2, 0.25) is 0 Å². The molecule has 0 aliphatic rings. The molecule has 0 aliphatic heterocycles. The highest BCUT2D eigenvalue weighted by atomic mass is 15.2. The third kappa shape index (κ3) is 10.9. The first-order valence-electron chi connectivity index (χ1n) is 49.9. The minimum absolute atomic E-state index is 0.668. The second kappa shape index (κ2) is 29.9. The Morgan fingerprint density at radius 2 is 0.445 bits per heavy atom. The van der Waals surface area contributed by atoms with Gasteiger partial charge in [-0.05, 0) is 168 Å². The maximum absolute atomic E-state index is 5.54. The van der Waals surface area contributed by atoms with Crippen molar-refractivity contribution >= 4 is 266 Å². The molecule has 12 nitrogen and oxygen atoms in total. The number of aromatic nitrogens is 12. The van der Waals surface area contributed by atoms with Gasteiger partial charge < -0.3 is 13.2 Å². The van der Waals surface area contributed by atoms with Crippen LogP contribution >= 0.6 is 0 Å². The van der Waals surface area contributed by atoms with Crippen LogP contribution in [0.5, 0.6) is 0 Å². The van der Waals surface area contributed by atoms with Crippen molar-refractivity contribution in [3.05, 3.63) is 461 Å². The highest BCUT2D eigenvalue weighted by Gasteiger charge is 2.31. The molecule has 672 valence electrons. The third-order valence-electron chi connectivity index (χ3n) is 31.5. The molecular formula is C134H76N12. The van der Waals surface area contributed by atoms with Crippen LogP contribution in [0.15, 0.2) is 461 Å². The van der Waals surface area contributed by atoms with Crippen molar-refractivity contribution in [1.29, 1.82) is 0 Å². The monoisotopic (exact) mass is 1850 g/mol. The maximum atomic E-state index is 5.54. The Morgan fingerprint density at radius 1 is 0.144 bits per heavy atom. The smallest absolute Gasteiger partial charge is 0.235 e. The van der Waals surface area contributed by atoms with E-state index in [1.54, 1.807) is 0 Å². The Labute approximate surface area is 829 Å². The van der Waals surface area contributed by atoms with Gasteiger partial charge in [0.25, 0.3) is 0 Å². The van der Waals surface area contributed by atoms with E-state index in [1.807, 2.05) is 0 Å². The Kier molecular flexibility index (Phi) is 16.2. The lowest BCUT2D eigenvalue weighted by Gasteiger charge is -2.14. The van der Waals surface area contributed by atoms with Crippen molar-refractivity contribution in [2.45, 2.75) is 0 Å². The van der Waals surface area contributed by atoms with Crippen LogP contribution in [0.3, 0.4) is 0 Å². The molecule has 0 amide bonds. The average molecular weight is 1850 g/mol. The normalized spacial score (nSPS) is 12.4. The van der Waals surface area contributed by atoms with Gasteiger partial charge in [-0.1, -0.05) is 358 Å². The Balaban J connectivity index is 0.0000000958. The van der Waals surface area contributed by atoms with Gasteiger partial charge >= 0.3 is 0 Å². The van der Waals surface area contributed by atoms with Gasteiger partial charge in [0.2, 0.25) is 17.8 Å². The molecule has 0 radical (unpaired) electrons. The molecular weight excluding hydrogens is 1780 g/mol. The fourth-order valence-electron chi connectivity index (χ4n) is 25.5.